The van der Waals surface area contributed by atoms with Crippen LogP contribution in [0.3, 0.4) is 0 Å². The van der Waals surface area contributed by atoms with E-state index in [1.165, 1.54) is 10.6 Å². The third kappa shape index (κ3) is 2.68. The molecule has 0 fully saturated rings. The Morgan fingerprint density at radius 2 is 1.08 bits per heavy atom. The molecule has 2 heteroatoms. The van der Waals surface area contributed by atoms with Crippen molar-refractivity contribution in [2.75, 3.05) is 0 Å². The van der Waals surface area contributed by atoms with Crippen molar-refractivity contribution < 1.29 is 4.74 Å². The topological polar surface area (TPSA) is 9.23 Å². The number of hydrogen-bond donors (Lipinski definition) is 0. The molecule has 0 atom stereocenters. The van der Waals surface area contributed by atoms with Gasteiger partial charge < -0.3 is 4.74 Å². The maximum atomic E-state index is 5.87. The zero-order valence-electron chi connectivity index (χ0n) is 13.2. The normalized spacial score (nSPS) is 15.4. The molecule has 1 heterocycles. The zero-order valence-corrected chi connectivity index (χ0v) is 14.1. The van der Waals surface area contributed by atoms with Gasteiger partial charge in [-0.25, -0.2) is 0 Å². The molecule has 0 saturated carbocycles. The van der Waals surface area contributed by atoms with Crippen LogP contribution in [0, 0.1) is 0 Å². The molecule has 1 nitrogen and oxygen atoms in total. The van der Waals surface area contributed by atoms with Crippen molar-refractivity contribution in [1.29, 1.82) is 0 Å². The highest BCUT2D eigenvalue weighted by atomic mass is 31.2. The van der Waals surface area contributed by atoms with E-state index in [0.717, 1.165) is 11.3 Å². The fraction of sp³-hybridized carbons (Fsp3) is 0. The highest BCUT2D eigenvalue weighted by molar-refractivity contribution is 7.94. The van der Waals surface area contributed by atoms with E-state index in [1.54, 1.807) is 0 Å². The molecule has 1 aliphatic heterocycles. The van der Waals surface area contributed by atoms with E-state index in [9.17, 15) is 0 Å². The summed E-state index contributed by atoms with van der Waals surface area (Å²) in [5.74, 6) is 5.50. The van der Waals surface area contributed by atoms with Gasteiger partial charge in [0.1, 0.15) is 35.8 Å². The van der Waals surface area contributed by atoms with Gasteiger partial charge in [-0.15, -0.1) is 0 Å². The lowest BCUT2D eigenvalue weighted by Crippen LogP contribution is -2.20. The minimum atomic E-state index is -1.78. The molecule has 4 rings (SSSR count). The first-order chi connectivity index (χ1) is 11.9. The maximum Gasteiger partial charge on any atom is 0.169 e. The Morgan fingerprint density at radius 1 is 0.583 bits per heavy atom. The summed E-state index contributed by atoms with van der Waals surface area (Å²) in [5, 5.41) is 2.67. The molecule has 0 N–H and O–H groups in total. The van der Waals surface area contributed by atoms with Crippen molar-refractivity contribution in [2.24, 2.45) is 0 Å². The minimum absolute atomic E-state index is 0.930. The van der Waals surface area contributed by atoms with Crippen molar-refractivity contribution in [3.05, 3.63) is 114 Å². The molecule has 0 bridgehead atoms. The first-order valence-electron chi connectivity index (χ1n) is 8.01. The summed E-state index contributed by atoms with van der Waals surface area (Å²) in [6.07, 6.45) is 1.86. The van der Waals surface area contributed by atoms with E-state index < -0.39 is 7.26 Å². The van der Waals surface area contributed by atoms with Crippen molar-refractivity contribution in [2.45, 2.75) is 0 Å². The third-order valence-corrected chi connectivity index (χ3v) is 7.78. The molecule has 24 heavy (non-hydrogen) atoms. The SMILES string of the molecule is C1=C[P+](c2ccccc2)(c2ccccc2)C=C(c2ccccc2)O1. The second-order valence-corrected chi connectivity index (χ2v) is 8.85. The second-order valence-electron chi connectivity index (χ2n) is 5.71. The molecule has 3 aromatic carbocycles. The molecule has 0 radical (unpaired) electrons. The van der Waals surface area contributed by atoms with Crippen LogP contribution in [0.1, 0.15) is 5.56 Å². The Morgan fingerprint density at radius 3 is 1.62 bits per heavy atom. The van der Waals surface area contributed by atoms with Crippen LogP contribution in [0.2, 0.25) is 0 Å². The lowest BCUT2D eigenvalue weighted by Gasteiger charge is -2.24. The second kappa shape index (κ2) is 6.47. The van der Waals surface area contributed by atoms with Crippen LogP contribution in [0.15, 0.2) is 109 Å². The van der Waals surface area contributed by atoms with E-state index in [0.29, 0.717) is 0 Å². The van der Waals surface area contributed by atoms with E-state index >= 15 is 0 Å². The summed E-state index contributed by atoms with van der Waals surface area (Å²) in [5.41, 5.74) is 1.11. The molecule has 0 saturated heterocycles. The smallest absolute Gasteiger partial charge is 0.169 e. The lowest BCUT2D eigenvalue weighted by atomic mass is 10.2. The molecule has 0 aromatic heterocycles. The Hall–Kier alpha value is -2.63. The highest BCUT2D eigenvalue weighted by Gasteiger charge is 2.42. The van der Waals surface area contributed by atoms with Gasteiger partial charge in [0.2, 0.25) is 0 Å². The van der Waals surface area contributed by atoms with Crippen molar-refractivity contribution in [3.8, 4) is 0 Å². The Kier molecular flexibility index (Phi) is 4.02. The molecule has 0 unspecified atom stereocenters. The molecule has 0 amide bonds. The average molecular weight is 329 g/mol. The van der Waals surface area contributed by atoms with Gasteiger partial charge in [-0.1, -0.05) is 66.7 Å². The van der Waals surface area contributed by atoms with Gasteiger partial charge >= 0.3 is 0 Å². The fourth-order valence-corrected chi connectivity index (χ4v) is 6.21. The van der Waals surface area contributed by atoms with Crippen LogP contribution in [-0.4, -0.2) is 0 Å². The molecule has 116 valence electrons. The number of hydrogen-bond acceptors (Lipinski definition) is 1. The zero-order chi connectivity index (χ0) is 16.2. The van der Waals surface area contributed by atoms with E-state index in [-0.39, 0.29) is 0 Å². The standard InChI is InChI=1S/C22H18OP/c1-4-10-19(11-5-1)22-18-24(17-16-23-22,20-12-6-2-7-13-20)21-14-8-3-9-15-21/h1-18H/q+1. The number of benzene rings is 3. The number of ether oxygens (including phenoxy) is 1. The summed E-state index contributed by atoms with van der Waals surface area (Å²) in [6.45, 7) is 0. The van der Waals surface area contributed by atoms with Crippen LogP contribution in [0.25, 0.3) is 5.76 Å². The summed E-state index contributed by atoms with van der Waals surface area (Å²) >= 11 is 0. The summed E-state index contributed by atoms with van der Waals surface area (Å²) in [7, 11) is -1.78. The van der Waals surface area contributed by atoms with Crippen LogP contribution < -0.4 is 10.6 Å². The molecular formula is C22H18OP+. The first kappa shape index (κ1) is 14.9. The molecule has 0 spiro atoms. The summed E-state index contributed by atoms with van der Waals surface area (Å²) < 4.78 is 5.87. The van der Waals surface area contributed by atoms with Crippen molar-refractivity contribution >= 4 is 23.6 Å². The van der Waals surface area contributed by atoms with Crippen LogP contribution >= 0.6 is 7.26 Å². The Labute approximate surface area is 143 Å². The van der Waals surface area contributed by atoms with Crippen molar-refractivity contribution in [1.82, 2.24) is 0 Å². The van der Waals surface area contributed by atoms with Crippen LogP contribution in [0.5, 0.6) is 0 Å². The van der Waals surface area contributed by atoms with Crippen LogP contribution in [-0.2, 0) is 4.74 Å². The Balaban J connectivity index is 1.92. The monoisotopic (exact) mass is 329 g/mol. The largest absolute Gasteiger partial charge is 0.457 e. The summed E-state index contributed by atoms with van der Waals surface area (Å²) in [4.78, 5) is 0. The Bertz CT molecular complexity index is 828. The predicted octanol–water partition coefficient (Wildman–Crippen LogP) is 5.16. The van der Waals surface area contributed by atoms with Crippen LogP contribution in [0.4, 0.5) is 0 Å². The van der Waals surface area contributed by atoms with Gasteiger partial charge in [0, 0.05) is 5.56 Å². The average Bonchev–Trinajstić information content (AvgIpc) is 2.70. The molecular weight excluding hydrogens is 311 g/mol. The highest BCUT2D eigenvalue weighted by Crippen LogP contribution is 2.62. The quantitative estimate of drug-likeness (QED) is 0.604. The molecule has 0 aliphatic carbocycles. The number of rotatable bonds is 3. The molecule has 3 aromatic rings. The van der Waals surface area contributed by atoms with Gasteiger partial charge in [-0.3, -0.25) is 0 Å². The van der Waals surface area contributed by atoms with Gasteiger partial charge in [0.25, 0.3) is 0 Å². The minimum Gasteiger partial charge on any atom is -0.457 e. The molecule has 1 aliphatic rings. The fourth-order valence-electron chi connectivity index (χ4n) is 3.02. The van der Waals surface area contributed by atoms with E-state index in [2.05, 4.69) is 84.4 Å². The van der Waals surface area contributed by atoms with Crippen molar-refractivity contribution in [3.63, 3.8) is 0 Å². The first-order valence-corrected chi connectivity index (χ1v) is 9.93. The van der Waals surface area contributed by atoms with Gasteiger partial charge in [0.05, 0.1) is 0 Å². The maximum absolute atomic E-state index is 5.87. The van der Waals surface area contributed by atoms with E-state index in [4.69, 9.17) is 4.74 Å². The van der Waals surface area contributed by atoms with Gasteiger partial charge in [-0.05, 0) is 24.3 Å². The predicted molar refractivity (Wildman–Crippen MR) is 104 cm³/mol. The van der Waals surface area contributed by atoms with Gasteiger partial charge in [-0.2, -0.15) is 0 Å². The van der Waals surface area contributed by atoms with E-state index in [1.807, 2.05) is 24.5 Å². The third-order valence-electron chi connectivity index (χ3n) is 4.24. The van der Waals surface area contributed by atoms with Gasteiger partial charge in [0.15, 0.2) is 5.76 Å². The summed E-state index contributed by atoms with van der Waals surface area (Å²) in [6, 6.07) is 31.7. The lowest BCUT2D eigenvalue weighted by molar-refractivity contribution is 0.437.